The Morgan fingerprint density at radius 3 is 2.94 bits per heavy atom. The minimum atomic E-state index is -0.105. The van der Waals surface area contributed by atoms with Crippen molar-refractivity contribution in [3.05, 3.63) is 49.8 Å². The van der Waals surface area contributed by atoms with Gasteiger partial charge in [0, 0.05) is 33.5 Å². The largest absolute Gasteiger partial charge is 0.324 e. The summed E-state index contributed by atoms with van der Waals surface area (Å²) in [5.41, 5.74) is 7.06. The smallest absolute Gasteiger partial charge is 0.0943 e. The Morgan fingerprint density at radius 2 is 2.31 bits per heavy atom. The fraction of sp³-hybridized carbons (Fsp3) is 0.182. The molecule has 1 aromatic heterocycles. The zero-order valence-corrected chi connectivity index (χ0v) is 11.5. The summed E-state index contributed by atoms with van der Waals surface area (Å²) in [4.78, 5) is 4.22. The Labute approximate surface area is 112 Å². The average molecular weight is 318 g/mol. The Hall–Kier alpha value is -0.420. The van der Waals surface area contributed by atoms with E-state index in [1.54, 1.807) is 17.5 Å². The minimum absolute atomic E-state index is 0.105. The molecule has 84 valence electrons. The summed E-state index contributed by atoms with van der Waals surface area (Å²) < 4.78 is 0.961. The minimum Gasteiger partial charge on any atom is -0.324 e. The van der Waals surface area contributed by atoms with Crippen LogP contribution in [0.3, 0.4) is 0 Å². The summed E-state index contributed by atoms with van der Waals surface area (Å²) in [5, 5.41) is 3.68. The molecule has 0 bridgehead atoms. The summed E-state index contributed by atoms with van der Waals surface area (Å²) in [6.45, 7) is 0. The van der Waals surface area contributed by atoms with Gasteiger partial charge in [0.15, 0.2) is 0 Å². The van der Waals surface area contributed by atoms with E-state index in [0.29, 0.717) is 5.02 Å². The molecule has 2 rings (SSSR count). The number of halogens is 2. The molecule has 2 nitrogen and oxygen atoms in total. The second-order valence-corrected chi connectivity index (χ2v) is 5.70. The first-order valence-corrected chi connectivity index (χ1v) is 6.81. The number of hydrogen-bond donors (Lipinski definition) is 1. The van der Waals surface area contributed by atoms with Crippen LogP contribution in [0.2, 0.25) is 5.02 Å². The molecule has 0 aliphatic rings. The molecular weight excluding hydrogens is 308 g/mol. The van der Waals surface area contributed by atoms with Gasteiger partial charge in [-0.3, -0.25) is 0 Å². The van der Waals surface area contributed by atoms with Gasteiger partial charge in [-0.25, -0.2) is 4.98 Å². The molecule has 0 spiro atoms. The average Bonchev–Trinajstić information content (AvgIpc) is 2.70. The molecule has 1 aromatic carbocycles. The SMILES string of the molecule is NC(Cc1nccs1)c1ccc(Br)cc1Cl. The molecule has 5 heteroatoms. The lowest BCUT2D eigenvalue weighted by atomic mass is 10.1. The highest BCUT2D eigenvalue weighted by atomic mass is 79.9. The maximum Gasteiger partial charge on any atom is 0.0943 e. The highest BCUT2D eigenvalue weighted by Crippen LogP contribution is 2.27. The maximum absolute atomic E-state index is 6.14. The Kier molecular flexibility index (Phi) is 3.97. The predicted molar refractivity (Wildman–Crippen MR) is 71.9 cm³/mol. The molecule has 0 amide bonds. The van der Waals surface area contributed by atoms with E-state index in [-0.39, 0.29) is 6.04 Å². The van der Waals surface area contributed by atoms with Crippen LogP contribution in [-0.2, 0) is 6.42 Å². The second-order valence-electron chi connectivity index (χ2n) is 3.40. The quantitative estimate of drug-likeness (QED) is 0.935. The lowest BCUT2D eigenvalue weighted by molar-refractivity contribution is 0.718. The number of nitrogens with two attached hydrogens (primary N) is 1. The van der Waals surface area contributed by atoms with Crippen LogP contribution < -0.4 is 5.73 Å². The van der Waals surface area contributed by atoms with E-state index in [4.69, 9.17) is 17.3 Å². The van der Waals surface area contributed by atoms with Crippen LogP contribution in [0.15, 0.2) is 34.2 Å². The third-order valence-electron chi connectivity index (χ3n) is 2.24. The maximum atomic E-state index is 6.14. The van der Waals surface area contributed by atoms with Crippen LogP contribution in [0.4, 0.5) is 0 Å². The Morgan fingerprint density at radius 1 is 1.50 bits per heavy atom. The van der Waals surface area contributed by atoms with Crippen molar-refractivity contribution < 1.29 is 0 Å². The van der Waals surface area contributed by atoms with Gasteiger partial charge in [-0.1, -0.05) is 33.6 Å². The van der Waals surface area contributed by atoms with Crippen molar-refractivity contribution in [2.75, 3.05) is 0 Å². The molecule has 2 aromatic rings. The van der Waals surface area contributed by atoms with Gasteiger partial charge in [-0.2, -0.15) is 0 Å². The zero-order chi connectivity index (χ0) is 11.5. The van der Waals surface area contributed by atoms with Crippen molar-refractivity contribution in [1.82, 2.24) is 4.98 Å². The normalized spacial score (nSPS) is 12.7. The number of hydrogen-bond acceptors (Lipinski definition) is 3. The van der Waals surface area contributed by atoms with Gasteiger partial charge >= 0.3 is 0 Å². The number of rotatable bonds is 3. The third kappa shape index (κ3) is 2.83. The van der Waals surface area contributed by atoms with Gasteiger partial charge in [0.1, 0.15) is 0 Å². The molecular formula is C11H10BrClN2S. The molecule has 2 N–H and O–H groups in total. The Bertz CT molecular complexity index is 473. The van der Waals surface area contributed by atoms with E-state index in [2.05, 4.69) is 20.9 Å². The molecule has 0 aliphatic heterocycles. The van der Waals surface area contributed by atoms with Crippen LogP contribution in [-0.4, -0.2) is 4.98 Å². The molecule has 16 heavy (non-hydrogen) atoms. The molecule has 0 radical (unpaired) electrons. The van der Waals surface area contributed by atoms with Gasteiger partial charge in [0.2, 0.25) is 0 Å². The zero-order valence-electron chi connectivity index (χ0n) is 8.36. The number of benzene rings is 1. The van der Waals surface area contributed by atoms with Crippen LogP contribution >= 0.6 is 38.9 Å². The summed E-state index contributed by atoms with van der Waals surface area (Å²) in [6, 6.07) is 5.65. The van der Waals surface area contributed by atoms with Crippen LogP contribution in [0.1, 0.15) is 16.6 Å². The van der Waals surface area contributed by atoms with E-state index in [1.165, 1.54) is 0 Å². The van der Waals surface area contributed by atoms with Gasteiger partial charge in [-0.15, -0.1) is 11.3 Å². The van der Waals surface area contributed by atoms with Gasteiger partial charge in [-0.05, 0) is 17.7 Å². The summed E-state index contributed by atoms with van der Waals surface area (Å²) in [6.07, 6.45) is 2.51. The number of nitrogens with zero attached hydrogens (tertiary/aromatic N) is 1. The van der Waals surface area contributed by atoms with Gasteiger partial charge in [0.05, 0.1) is 5.01 Å². The van der Waals surface area contributed by atoms with Crippen LogP contribution in [0, 0.1) is 0 Å². The first kappa shape index (κ1) is 12.0. The van der Waals surface area contributed by atoms with E-state index < -0.39 is 0 Å². The predicted octanol–water partition coefficient (Wildman–Crippen LogP) is 3.80. The molecule has 0 aliphatic carbocycles. The topological polar surface area (TPSA) is 38.9 Å². The lowest BCUT2D eigenvalue weighted by Gasteiger charge is -2.12. The van der Waals surface area contributed by atoms with E-state index >= 15 is 0 Å². The number of thiazole rings is 1. The van der Waals surface area contributed by atoms with Gasteiger partial charge < -0.3 is 5.73 Å². The van der Waals surface area contributed by atoms with E-state index in [9.17, 15) is 0 Å². The fourth-order valence-corrected chi connectivity index (χ4v) is 2.94. The van der Waals surface area contributed by atoms with Crippen molar-refractivity contribution in [2.24, 2.45) is 5.73 Å². The molecule has 1 atom stereocenters. The molecule has 1 unspecified atom stereocenters. The summed E-state index contributed by atoms with van der Waals surface area (Å²) >= 11 is 11.1. The first-order valence-electron chi connectivity index (χ1n) is 4.75. The van der Waals surface area contributed by atoms with Crippen LogP contribution in [0.25, 0.3) is 0 Å². The van der Waals surface area contributed by atoms with E-state index in [0.717, 1.165) is 21.5 Å². The Balaban J connectivity index is 2.17. The standard InChI is InChI=1S/C11H10BrClN2S/c12-7-1-2-8(9(13)5-7)10(14)6-11-15-3-4-16-11/h1-5,10H,6,14H2. The van der Waals surface area contributed by atoms with Crippen molar-refractivity contribution >= 4 is 38.9 Å². The van der Waals surface area contributed by atoms with Crippen molar-refractivity contribution in [3.63, 3.8) is 0 Å². The van der Waals surface area contributed by atoms with Crippen molar-refractivity contribution in [2.45, 2.75) is 12.5 Å². The molecule has 0 saturated carbocycles. The lowest BCUT2D eigenvalue weighted by Crippen LogP contribution is -2.13. The first-order chi connectivity index (χ1) is 7.66. The highest BCUT2D eigenvalue weighted by molar-refractivity contribution is 9.10. The molecule has 1 heterocycles. The second kappa shape index (κ2) is 5.27. The summed E-state index contributed by atoms with van der Waals surface area (Å²) in [5.74, 6) is 0. The molecule has 0 fully saturated rings. The van der Waals surface area contributed by atoms with Crippen LogP contribution in [0.5, 0.6) is 0 Å². The summed E-state index contributed by atoms with van der Waals surface area (Å²) in [7, 11) is 0. The van der Waals surface area contributed by atoms with Crippen molar-refractivity contribution in [1.29, 1.82) is 0 Å². The van der Waals surface area contributed by atoms with Gasteiger partial charge in [0.25, 0.3) is 0 Å². The fourth-order valence-electron chi connectivity index (χ4n) is 1.45. The molecule has 0 saturated heterocycles. The highest BCUT2D eigenvalue weighted by Gasteiger charge is 2.12. The third-order valence-corrected chi connectivity index (χ3v) is 3.86. The monoisotopic (exact) mass is 316 g/mol. The van der Waals surface area contributed by atoms with E-state index in [1.807, 2.05) is 23.6 Å². The number of aromatic nitrogens is 1. The van der Waals surface area contributed by atoms with Crippen molar-refractivity contribution in [3.8, 4) is 0 Å².